The maximum atomic E-state index is 3.60. The van der Waals surface area contributed by atoms with E-state index >= 15 is 0 Å². The molecule has 2 unspecified atom stereocenters. The number of nitrogens with one attached hydrogen (secondary N) is 1. The molecule has 0 amide bonds. The molecule has 2 aliphatic carbocycles. The first-order chi connectivity index (χ1) is 10.3. The number of hydrogen-bond acceptors (Lipinski definition) is 2. The van der Waals surface area contributed by atoms with Crippen LogP contribution in [0, 0.1) is 0 Å². The zero-order chi connectivity index (χ0) is 14.7. The number of benzene rings is 1. The van der Waals surface area contributed by atoms with Crippen LogP contribution >= 0.6 is 0 Å². The van der Waals surface area contributed by atoms with Gasteiger partial charge in [0, 0.05) is 18.1 Å². The van der Waals surface area contributed by atoms with E-state index < -0.39 is 0 Å². The van der Waals surface area contributed by atoms with Gasteiger partial charge in [0.05, 0.1) is 0 Å². The van der Waals surface area contributed by atoms with E-state index in [1.54, 1.807) is 5.56 Å². The lowest BCUT2D eigenvalue weighted by atomic mass is 9.82. The predicted molar refractivity (Wildman–Crippen MR) is 89.6 cm³/mol. The van der Waals surface area contributed by atoms with Gasteiger partial charge in [-0.1, -0.05) is 49.9 Å². The first-order valence-electron chi connectivity index (χ1n) is 8.78. The summed E-state index contributed by atoms with van der Waals surface area (Å²) in [5.74, 6) is 0. The van der Waals surface area contributed by atoms with E-state index in [1.165, 1.54) is 56.9 Å². The third kappa shape index (κ3) is 3.17. The Kier molecular flexibility index (Phi) is 4.97. The summed E-state index contributed by atoms with van der Waals surface area (Å²) in [4.78, 5) is 2.71. The normalized spacial score (nSPS) is 27.4. The topological polar surface area (TPSA) is 15.3 Å². The van der Waals surface area contributed by atoms with Crippen LogP contribution in [-0.4, -0.2) is 31.1 Å². The van der Waals surface area contributed by atoms with Gasteiger partial charge in [-0.05, 0) is 50.9 Å². The number of aryl methyl sites for hydroxylation is 1. The Morgan fingerprint density at radius 2 is 1.71 bits per heavy atom. The van der Waals surface area contributed by atoms with E-state index in [2.05, 4.69) is 48.6 Å². The summed E-state index contributed by atoms with van der Waals surface area (Å²) in [6.07, 6.45) is 11.0. The zero-order valence-corrected chi connectivity index (χ0v) is 13.6. The van der Waals surface area contributed by atoms with E-state index in [1.807, 2.05) is 0 Å². The maximum Gasteiger partial charge on any atom is 0.0478 e. The standard InChI is InChI=1S/C19H30N2/c1-20-19-17-12-8-7-9-15(17)13-14-18(19)21(2)16-10-5-3-4-6-11-16/h7-9,12,16,18-20H,3-6,10-11,13-14H2,1-2H3. The van der Waals surface area contributed by atoms with Gasteiger partial charge in [0.1, 0.15) is 0 Å². The lowest BCUT2D eigenvalue weighted by molar-refractivity contribution is 0.115. The monoisotopic (exact) mass is 286 g/mol. The number of rotatable bonds is 3. The van der Waals surface area contributed by atoms with Crippen molar-refractivity contribution < 1.29 is 0 Å². The predicted octanol–water partition coefficient (Wildman–Crippen LogP) is 3.92. The Morgan fingerprint density at radius 1 is 1.00 bits per heavy atom. The van der Waals surface area contributed by atoms with Crippen LogP contribution in [0.5, 0.6) is 0 Å². The molecule has 1 saturated carbocycles. The van der Waals surface area contributed by atoms with Gasteiger partial charge < -0.3 is 5.32 Å². The largest absolute Gasteiger partial charge is 0.312 e. The molecule has 0 heterocycles. The lowest BCUT2D eigenvalue weighted by Gasteiger charge is -2.42. The average molecular weight is 286 g/mol. The Labute approximate surface area is 129 Å². The van der Waals surface area contributed by atoms with Gasteiger partial charge in [-0.25, -0.2) is 0 Å². The molecule has 1 aromatic rings. The van der Waals surface area contributed by atoms with E-state index in [0.717, 1.165) is 6.04 Å². The number of hydrogen-bond donors (Lipinski definition) is 1. The molecule has 1 N–H and O–H groups in total. The third-order valence-corrected chi connectivity index (χ3v) is 5.72. The number of nitrogens with zero attached hydrogens (tertiary/aromatic N) is 1. The zero-order valence-electron chi connectivity index (χ0n) is 13.6. The molecule has 3 rings (SSSR count). The first-order valence-corrected chi connectivity index (χ1v) is 8.78. The van der Waals surface area contributed by atoms with Crippen molar-refractivity contribution >= 4 is 0 Å². The van der Waals surface area contributed by atoms with Crippen LogP contribution < -0.4 is 5.32 Å². The fourth-order valence-electron chi connectivity index (χ4n) is 4.47. The molecule has 0 radical (unpaired) electrons. The lowest BCUT2D eigenvalue weighted by Crippen LogP contribution is -2.48. The van der Waals surface area contributed by atoms with Crippen LogP contribution in [-0.2, 0) is 6.42 Å². The van der Waals surface area contributed by atoms with Crippen molar-refractivity contribution in [2.45, 2.75) is 69.5 Å². The van der Waals surface area contributed by atoms with Gasteiger partial charge in [0.2, 0.25) is 0 Å². The first kappa shape index (κ1) is 15.1. The summed E-state index contributed by atoms with van der Waals surface area (Å²) in [5.41, 5.74) is 3.07. The van der Waals surface area contributed by atoms with Gasteiger partial charge in [-0.3, -0.25) is 4.90 Å². The minimum atomic E-state index is 0.489. The van der Waals surface area contributed by atoms with E-state index in [-0.39, 0.29) is 0 Å². The van der Waals surface area contributed by atoms with Crippen molar-refractivity contribution in [2.75, 3.05) is 14.1 Å². The summed E-state index contributed by atoms with van der Waals surface area (Å²) in [6.45, 7) is 0. The van der Waals surface area contributed by atoms with Crippen LogP contribution in [0.25, 0.3) is 0 Å². The Morgan fingerprint density at radius 3 is 2.43 bits per heavy atom. The van der Waals surface area contributed by atoms with Crippen molar-refractivity contribution in [3.63, 3.8) is 0 Å². The van der Waals surface area contributed by atoms with Crippen molar-refractivity contribution in [3.8, 4) is 0 Å². The fourth-order valence-corrected chi connectivity index (χ4v) is 4.47. The van der Waals surface area contributed by atoms with Crippen molar-refractivity contribution in [1.29, 1.82) is 0 Å². The molecule has 0 spiro atoms. The summed E-state index contributed by atoms with van der Waals surface area (Å²) in [7, 11) is 4.50. The molecule has 0 aliphatic heterocycles. The van der Waals surface area contributed by atoms with Crippen molar-refractivity contribution in [2.24, 2.45) is 0 Å². The minimum Gasteiger partial charge on any atom is -0.312 e. The van der Waals surface area contributed by atoms with Gasteiger partial charge in [0.15, 0.2) is 0 Å². The van der Waals surface area contributed by atoms with E-state index in [9.17, 15) is 0 Å². The van der Waals surface area contributed by atoms with Crippen molar-refractivity contribution in [3.05, 3.63) is 35.4 Å². The highest BCUT2D eigenvalue weighted by Crippen LogP contribution is 2.34. The van der Waals surface area contributed by atoms with Gasteiger partial charge in [-0.2, -0.15) is 0 Å². The third-order valence-electron chi connectivity index (χ3n) is 5.72. The Balaban J connectivity index is 1.78. The van der Waals surface area contributed by atoms with Crippen molar-refractivity contribution in [1.82, 2.24) is 10.2 Å². The number of likely N-dealkylation sites (N-methyl/N-ethyl adjacent to an activating group) is 2. The minimum absolute atomic E-state index is 0.489. The molecule has 2 heteroatoms. The molecule has 0 aromatic heterocycles. The van der Waals surface area contributed by atoms with Gasteiger partial charge in [-0.15, -0.1) is 0 Å². The molecule has 1 aromatic carbocycles. The van der Waals surface area contributed by atoms with Crippen LogP contribution in [0.1, 0.15) is 62.1 Å². The van der Waals surface area contributed by atoms with Crippen LogP contribution in [0.15, 0.2) is 24.3 Å². The van der Waals surface area contributed by atoms with Crippen LogP contribution in [0.2, 0.25) is 0 Å². The Hall–Kier alpha value is -0.860. The molecule has 0 saturated heterocycles. The molecule has 21 heavy (non-hydrogen) atoms. The second-order valence-electron chi connectivity index (χ2n) is 6.88. The molecule has 2 atom stereocenters. The molecular formula is C19H30N2. The van der Waals surface area contributed by atoms with E-state index in [4.69, 9.17) is 0 Å². The highest BCUT2D eigenvalue weighted by Gasteiger charge is 2.33. The average Bonchev–Trinajstić information content (AvgIpc) is 2.82. The molecule has 2 aliphatic rings. The Bertz CT molecular complexity index is 449. The molecule has 0 bridgehead atoms. The summed E-state index contributed by atoms with van der Waals surface area (Å²) >= 11 is 0. The molecule has 1 fully saturated rings. The second kappa shape index (κ2) is 6.93. The van der Waals surface area contributed by atoms with Crippen LogP contribution in [0.3, 0.4) is 0 Å². The highest BCUT2D eigenvalue weighted by atomic mass is 15.2. The maximum absolute atomic E-state index is 3.60. The number of fused-ring (bicyclic) bond motifs is 1. The van der Waals surface area contributed by atoms with Gasteiger partial charge >= 0.3 is 0 Å². The fraction of sp³-hybridized carbons (Fsp3) is 0.684. The highest BCUT2D eigenvalue weighted by molar-refractivity contribution is 5.34. The van der Waals surface area contributed by atoms with E-state index in [0.29, 0.717) is 12.1 Å². The second-order valence-corrected chi connectivity index (χ2v) is 6.88. The summed E-state index contributed by atoms with van der Waals surface area (Å²) in [5, 5.41) is 3.60. The summed E-state index contributed by atoms with van der Waals surface area (Å²) in [6, 6.07) is 10.9. The molecule has 2 nitrogen and oxygen atoms in total. The van der Waals surface area contributed by atoms with Crippen LogP contribution in [0.4, 0.5) is 0 Å². The quantitative estimate of drug-likeness (QED) is 0.847. The molecular weight excluding hydrogens is 256 g/mol. The SMILES string of the molecule is CNC1c2ccccc2CCC1N(C)C1CCCCCC1. The molecule has 116 valence electrons. The summed E-state index contributed by atoms with van der Waals surface area (Å²) < 4.78 is 0. The smallest absolute Gasteiger partial charge is 0.0478 e. The van der Waals surface area contributed by atoms with Gasteiger partial charge in [0.25, 0.3) is 0 Å².